The quantitative estimate of drug-likeness (QED) is 0.155. The van der Waals surface area contributed by atoms with E-state index in [2.05, 4.69) is 110 Å². The summed E-state index contributed by atoms with van der Waals surface area (Å²) in [5.41, 5.74) is 6.63. The molecule has 3 fully saturated rings. The molecule has 5 unspecified atom stereocenters. The molecule has 1 saturated heterocycles. The summed E-state index contributed by atoms with van der Waals surface area (Å²) < 4.78 is 6.24. The number of ether oxygens (including phenoxy) is 1. The number of rotatable bonds is 8. The number of fused-ring (bicyclic) bond motifs is 1. The lowest BCUT2D eigenvalue weighted by Gasteiger charge is -2.43. The van der Waals surface area contributed by atoms with Gasteiger partial charge in [-0.05, 0) is 77.5 Å². The zero-order valence-electron chi connectivity index (χ0n) is 27.6. The smallest absolute Gasteiger partial charge is 0.121 e. The summed E-state index contributed by atoms with van der Waals surface area (Å²) >= 11 is 0. The lowest BCUT2D eigenvalue weighted by Crippen LogP contribution is -2.46. The first-order valence-electron chi connectivity index (χ1n) is 15.3. The third kappa shape index (κ3) is 7.92. The van der Waals surface area contributed by atoms with E-state index in [9.17, 15) is 15.3 Å². The molecule has 0 amide bonds. The molecule has 0 aromatic carbocycles. The van der Waals surface area contributed by atoms with Gasteiger partial charge in [-0.25, -0.2) is 0 Å². The number of hydrogen-bond acceptors (Lipinski definition) is 4. The lowest BCUT2D eigenvalue weighted by atomic mass is 9.63. The largest absolute Gasteiger partial charge is 0.393 e. The number of aliphatic hydroxyl groups is 3. The van der Waals surface area contributed by atoms with Crippen LogP contribution in [-0.2, 0) is 4.74 Å². The maximum Gasteiger partial charge on any atom is 0.121 e. The molecule has 1 heterocycles. The van der Waals surface area contributed by atoms with Gasteiger partial charge in [0.1, 0.15) is 11.2 Å². The molecule has 4 heteroatoms. The van der Waals surface area contributed by atoms with Crippen molar-refractivity contribution in [1.82, 2.24) is 0 Å². The minimum atomic E-state index is -1.05. The standard InChI is InChI=1S/C38H54O4/c1-27(13-11-15-29(3)19-20-33-34(5,6)23-31(39)25-36(33,9)41)17-18-28(2)14-12-16-30(4)21-22-38-35(7,8)24-32(40)26-37(38,10)42-38/h11-19,21-22,31-32,39-41H,23-26H2,1-10H3/b13-11+,14-12?,22-21?,27-17+,28-18?,29-15+,30-16?. The van der Waals surface area contributed by atoms with Crippen LogP contribution in [0.4, 0.5) is 0 Å². The molecule has 0 radical (unpaired) electrons. The van der Waals surface area contributed by atoms with Gasteiger partial charge in [0.05, 0.1) is 17.8 Å². The van der Waals surface area contributed by atoms with Crippen molar-refractivity contribution in [3.8, 4) is 0 Å². The second kappa shape index (κ2) is 12.6. The molecule has 0 aromatic rings. The van der Waals surface area contributed by atoms with Crippen LogP contribution in [0, 0.1) is 10.8 Å². The van der Waals surface area contributed by atoms with E-state index in [1.165, 1.54) is 0 Å². The molecule has 230 valence electrons. The predicted molar refractivity (Wildman–Crippen MR) is 175 cm³/mol. The summed E-state index contributed by atoms with van der Waals surface area (Å²) in [5, 5.41) is 31.2. The van der Waals surface area contributed by atoms with Crippen LogP contribution in [0.1, 0.15) is 94.9 Å². The Bertz CT molecular complexity index is 1280. The van der Waals surface area contributed by atoms with E-state index in [1.807, 2.05) is 25.2 Å². The minimum Gasteiger partial charge on any atom is -0.393 e. The second-order valence-corrected chi connectivity index (χ2v) is 14.6. The van der Waals surface area contributed by atoms with E-state index in [0.29, 0.717) is 19.3 Å². The normalized spacial score (nSPS) is 35.6. The van der Waals surface area contributed by atoms with Crippen LogP contribution < -0.4 is 0 Å². The fraction of sp³-hybridized carbons (Fsp3) is 0.553. The second-order valence-electron chi connectivity index (χ2n) is 14.6. The maximum absolute atomic E-state index is 10.9. The summed E-state index contributed by atoms with van der Waals surface area (Å²) in [4.78, 5) is 0. The van der Waals surface area contributed by atoms with Gasteiger partial charge in [-0.15, -0.1) is 5.73 Å². The van der Waals surface area contributed by atoms with Crippen LogP contribution in [-0.4, -0.2) is 44.3 Å². The molecule has 2 saturated carbocycles. The summed E-state index contributed by atoms with van der Waals surface area (Å²) in [6.45, 7) is 20.6. The maximum atomic E-state index is 10.9. The van der Waals surface area contributed by atoms with Crippen molar-refractivity contribution < 1.29 is 20.1 Å². The Morgan fingerprint density at radius 3 is 1.79 bits per heavy atom. The van der Waals surface area contributed by atoms with Crippen molar-refractivity contribution >= 4 is 0 Å². The van der Waals surface area contributed by atoms with Gasteiger partial charge in [-0.3, -0.25) is 0 Å². The van der Waals surface area contributed by atoms with Gasteiger partial charge in [0.2, 0.25) is 0 Å². The van der Waals surface area contributed by atoms with Gasteiger partial charge in [0, 0.05) is 23.8 Å². The Morgan fingerprint density at radius 1 is 0.714 bits per heavy atom. The molecule has 0 spiro atoms. The zero-order chi connectivity index (χ0) is 31.6. The topological polar surface area (TPSA) is 73.2 Å². The lowest BCUT2D eigenvalue weighted by molar-refractivity contribution is -0.0268. The Kier molecular flexibility index (Phi) is 10.2. The molecule has 0 bridgehead atoms. The average molecular weight is 575 g/mol. The van der Waals surface area contributed by atoms with Gasteiger partial charge in [-0.2, -0.15) is 0 Å². The van der Waals surface area contributed by atoms with Gasteiger partial charge >= 0.3 is 0 Å². The molecule has 0 aromatic heterocycles. The first kappa shape index (κ1) is 34.0. The van der Waals surface area contributed by atoms with Crippen LogP contribution in [0.5, 0.6) is 0 Å². The first-order valence-corrected chi connectivity index (χ1v) is 15.3. The van der Waals surface area contributed by atoms with Crippen LogP contribution in [0.2, 0.25) is 0 Å². The molecule has 3 N–H and O–H groups in total. The number of hydrogen-bond donors (Lipinski definition) is 3. The van der Waals surface area contributed by atoms with Crippen LogP contribution in [0.3, 0.4) is 0 Å². The van der Waals surface area contributed by atoms with Crippen molar-refractivity contribution in [3.05, 3.63) is 100 Å². The minimum absolute atomic E-state index is 0.105. The van der Waals surface area contributed by atoms with Crippen LogP contribution in [0.15, 0.2) is 100 Å². The van der Waals surface area contributed by atoms with E-state index in [4.69, 9.17) is 4.74 Å². The summed E-state index contributed by atoms with van der Waals surface area (Å²) in [6.07, 6.45) is 24.5. The van der Waals surface area contributed by atoms with Crippen molar-refractivity contribution in [2.45, 2.75) is 124 Å². The molecule has 42 heavy (non-hydrogen) atoms. The van der Waals surface area contributed by atoms with Crippen LogP contribution >= 0.6 is 0 Å². The summed E-state index contributed by atoms with van der Waals surface area (Å²) in [5.74, 6) is 0. The van der Waals surface area contributed by atoms with E-state index in [0.717, 1.165) is 34.3 Å². The Labute approximate surface area is 255 Å². The molecule has 2 aliphatic carbocycles. The molecular formula is C38H54O4. The van der Waals surface area contributed by atoms with Crippen molar-refractivity contribution in [2.24, 2.45) is 10.8 Å². The molecule has 3 rings (SSSR count). The Hall–Kier alpha value is -2.46. The van der Waals surface area contributed by atoms with E-state index in [-0.39, 0.29) is 28.1 Å². The van der Waals surface area contributed by atoms with E-state index >= 15 is 0 Å². The highest BCUT2D eigenvalue weighted by molar-refractivity contribution is 5.37. The molecular weight excluding hydrogens is 520 g/mol. The van der Waals surface area contributed by atoms with Gasteiger partial charge < -0.3 is 20.1 Å². The average Bonchev–Trinajstić information content (AvgIpc) is 3.45. The monoisotopic (exact) mass is 574 g/mol. The number of allylic oxidation sites excluding steroid dienone is 13. The Morgan fingerprint density at radius 2 is 1.24 bits per heavy atom. The fourth-order valence-corrected chi connectivity index (χ4v) is 7.10. The third-order valence-corrected chi connectivity index (χ3v) is 9.17. The van der Waals surface area contributed by atoms with E-state index < -0.39 is 11.7 Å². The number of aliphatic hydroxyl groups excluding tert-OH is 2. The highest BCUT2D eigenvalue weighted by Gasteiger charge is 2.74. The summed E-state index contributed by atoms with van der Waals surface area (Å²) in [6, 6.07) is 0. The molecule has 4 nitrogen and oxygen atoms in total. The molecule has 3 aliphatic rings. The van der Waals surface area contributed by atoms with Gasteiger partial charge in [-0.1, -0.05) is 99.1 Å². The third-order valence-electron chi connectivity index (χ3n) is 9.17. The zero-order valence-corrected chi connectivity index (χ0v) is 27.6. The van der Waals surface area contributed by atoms with Gasteiger partial charge in [0.25, 0.3) is 0 Å². The highest BCUT2D eigenvalue weighted by Crippen LogP contribution is 2.66. The number of epoxide rings is 1. The fourth-order valence-electron chi connectivity index (χ4n) is 7.10. The Balaban J connectivity index is 1.58. The predicted octanol–water partition coefficient (Wildman–Crippen LogP) is 8.16. The van der Waals surface area contributed by atoms with Crippen LogP contribution in [0.25, 0.3) is 0 Å². The van der Waals surface area contributed by atoms with Gasteiger partial charge in [0.15, 0.2) is 0 Å². The molecule has 5 atom stereocenters. The van der Waals surface area contributed by atoms with Crippen molar-refractivity contribution in [2.75, 3.05) is 0 Å². The summed E-state index contributed by atoms with van der Waals surface area (Å²) in [7, 11) is 0. The highest BCUT2D eigenvalue weighted by atomic mass is 16.6. The van der Waals surface area contributed by atoms with Crippen molar-refractivity contribution in [3.63, 3.8) is 0 Å². The van der Waals surface area contributed by atoms with Crippen molar-refractivity contribution in [1.29, 1.82) is 0 Å². The van der Waals surface area contributed by atoms with E-state index in [1.54, 1.807) is 6.92 Å². The SMILES string of the molecule is CC(C=CC12OC1(C)CC(O)CC2(C)C)=CC=CC(C)=C/C=C(C)/C=C/C=C(\C)C=C=C1C(C)(C)CC(O)CC1(C)O. The molecule has 1 aliphatic heterocycles. The first-order chi connectivity index (χ1) is 19.3.